The molecule has 6 heteroatoms. The highest BCUT2D eigenvalue weighted by Crippen LogP contribution is 2.34. The van der Waals surface area contributed by atoms with E-state index in [9.17, 15) is 0 Å². The molecule has 0 amide bonds. The predicted molar refractivity (Wildman–Crippen MR) is 86.5 cm³/mol. The molecule has 0 atom stereocenters. The van der Waals surface area contributed by atoms with Crippen LogP contribution in [0.15, 0.2) is 43.0 Å². The van der Waals surface area contributed by atoms with E-state index in [1.807, 2.05) is 36.0 Å². The summed E-state index contributed by atoms with van der Waals surface area (Å²) in [4.78, 5) is 8.45. The number of aryl methyl sites for hydroxylation is 1. The highest BCUT2D eigenvalue weighted by molar-refractivity contribution is 6.30. The lowest BCUT2D eigenvalue weighted by Crippen LogP contribution is -1.97. The van der Waals surface area contributed by atoms with Crippen molar-refractivity contribution in [2.24, 2.45) is 7.05 Å². The number of ether oxygens (including phenoxy) is 1. The van der Waals surface area contributed by atoms with Gasteiger partial charge in [0.05, 0.1) is 30.1 Å². The van der Waals surface area contributed by atoms with Crippen LogP contribution in [-0.4, -0.2) is 26.0 Å². The number of pyridine rings is 2. The lowest BCUT2D eigenvalue weighted by Gasteiger charge is -2.10. The van der Waals surface area contributed by atoms with Crippen LogP contribution < -0.4 is 4.74 Å². The van der Waals surface area contributed by atoms with Crippen LogP contribution in [0.3, 0.4) is 0 Å². The minimum Gasteiger partial charge on any atom is -0.496 e. The van der Waals surface area contributed by atoms with E-state index >= 15 is 0 Å². The first-order valence-electron chi connectivity index (χ1n) is 6.79. The number of hydrogen-bond acceptors (Lipinski definition) is 3. The molecule has 0 fully saturated rings. The Bertz CT molecular complexity index is 1000. The molecular formula is C16H13ClN4O. The summed E-state index contributed by atoms with van der Waals surface area (Å²) in [6.45, 7) is 0. The number of aromatic nitrogens is 4. The molecule has 0 aliphatic rings. The van der Waals surface area contributed by atoms with Crippen molar-refractivity contribution < 1.29 is 4.74 Å². The molecule has 0 spiro atoms. The molecule has 4 rings (SSSR count). The van der Waals surface area contributed by atoms with E-state index in [0.717, 1.165) is 33.6 Å². The lowest BCUT2D eigenvalue weighted by atomic mass is 10.2. The quantitative estimate of drug-likeness (QED) is 0.532. The number of methoxy groups -OCH3 is 1. The van der Waals surface area contributed by atoms with Gasteiger partial charge < -0.3 is 13.7 Å². The maximum absolute atomic E-state index is 5.99. The average molecular weight is 313 g/mol. The fourth-order valence-corrected chi connectivity index (χ4v) is 2.94. The zero-order valence-electron chi connectivity index (χ0n) is 12.1. The molecule has 4 aromatic heterocycles. The molecule has 0 bridgehead atoms. The van der Waals surface area contributed by atoms with Crippen molar-refractivity contribution in [1.82, 2.24) is 18.9 Å². The number of halogens is 1. The van der Waals surface area contributed by atoms with Crippen molar-refractivity contribution in [3.05, 3.63) is 48.1 Å². The van der Waals surface area contributed by atoms with E-state index in [2.05, 4.69) is 20.6 Å². The minimum absolute atomic E-state index is 0.488. The highest BCUT2D eigenvalue weighted by atomic mass is 35.5. The Balaban J connectivity index is 2.03. The van der Waals surface area contributed by atoms with Gasteiger partial charge in [0.1, 0.15) is 16.5 Å². The van der Waals surface area contributed by atoms with Gasteiger partial charge >= 0.3 is 0 Å². The average Bonchev–Trinajstić information content (AvgIpc) is 3.09. The molecule has 0 saturated carbocycles. The van der Waals surface area contributed by atoms with Crippen molar-refractivity contribution in [1.29, 1.82) is 0 Å². The van der Waals surface area contributed by atoms with Crippen molar-refractivity contribution >= 4 is 28.2 Å². The maximum atomic E-state index is 5.99. The molecule has 0 radical (unpaired) electrons. The van der Waals surface area contributed by atoms with Gasteiger partial charge in [0, 0.05) is 37.1 Å². The maximum Gasteiger partial charge on any atom is 0.140 e. The summed E-state index contributed by atoms with van der Waals surface area (Å²) < 4.78 is 9.60. The van der Waals surface area contributed by atoms with Crippen molar-refractivity contribution in [2.75, 3.05) is 7.11 Å². The fraction of sp³-hybridized carbons (Fsp3) is 0.125. The fourth-order valence-electron chi connectivity index (χ4n) is 2.77. The summed E-state index contributed by atoms with van der Waals surface area (Å²) in [5, 5.41) is 1.53. The Morgan fingerprint density at radius 3 is 2.86 bits per heavy atom. The molecule has 0 aliphatic carbocycles. The van der Waals surface area contributed by atoms with Crippen LogP contribution in [-0.2, 0) is 7.05 Å². The summed E-state index contributed by atoms with van der Waals surface area (Å²) in [7, 11) is 3.67. The normalized spacial score (nSPS) is 11.4. The Morgan fingerprint density at radius 1 is 1.18 bits per heavy atom. The van der Waals surface area contributed by atoms with Crippen molar-refractivity contribution in [2.45, 2.75) is 0 Å². The van der Waals surface area contributed by atoms with E-state index in [0.29, 0.717) is 5.15 Å². The third-order valence-electron chi connectivity index (χ3n) is 3.88. The van der Waals surface area contributed by atoms with E-state index in [1.165, 1.54) is 0 Å². The Labute approximate surface area is 131 Å². The van der Waals surface area contributed by atoms with Crippen LogP contribution in [0.4, 0.5) is 0 Å². The van der Waals surface area contributed by atoms with Crippen LogP contribution in [0.5, 0.6) is 5.75 Å². The molecule has 0 aromatic carbocycles. The molecule has 110 valence electrons. The number of hydrogen-bond donors (Lipinski definition) is 0. The number of fused-ring (bicyclic) bond motifs is 2. The zero-order valence-corrected chi connectivity index (χ0v) is 12.9. The van der Waals surface area contributed by atoms with Crippen LogP contribution in [0.25, 0.3) is 27.8 Å². The first-order chi connectivity index (χ1) is 10.7. The summed E-state index contributed by atoms with van der Waals surface area (Å²) in [6.07, 6.45) is 7.48. The minimum atomic E-state index is 0.488. The summed E-state index contributed by atoms with van der Waals surface area (Å²) in [5.41, 5.74) is 3.89. The highest BCUT2D eigenvalue weighted by Gasteiger charge is 2.14. The second-order valence-electron chi connectivity index (χ2n) is 5.10. The molecule has 4 heterocycles. The Morgan fingerprint density at radius 2 is 2.05 bits per heavy atom. The van der Waals surface area contributed by atoms with E-state index in [-0.39, 0.29) is 0 Å². The van der Waals surface area contributed by atoms with Gasteiger partial charge in [0.2, 0.25) is 0 Å². The SMILES string of the molecule is COc1cc2nccn2cc1-c1cc2cc(Cl)ncc2n1C. The molecule has 0 saturated heterocycles. The summed E-state index contributed by atoms with van der Waals surface area (Å²) >= 11 is 5.99. The van der Waals surface area contributed by atoms with Crippen molar-refractivity contribution in [3.63, 3.8) is 0 Å². The van der Waals surface area contributed by atoms with Gasteiger partial charge in [-0.2, -0.15) is 0 Å². The second kappa shape index (κ2) is 4.74. The van der Waals surface area contributed by atoms with Crippen LogP contribution in [0.2, 0.25) is 5.15 Å². The summed E-state index contributed by atoms with van der Waals surface area (Å²) in [5.74, 6) is 0.781. The Hall–Kier alpha value is -2.53. The van der Waals surface area contributed by atoms with Crippen LogP contribution in [0.1, 0.15) is 0 Å². The van der Waals surface area contributed by atoms with E-state index in [1.54, 1.807) is 19.5 Å². The van der Waals surface area contributed by atoms with Crippen molar-refractivity contribution in [3.8, 4) is 17.0 Å². The topological polar surface area (TPSA) is 44.4 Å². The standard InChI is InChI=1S/C16H13ClN4O/c1-20-12(5-10-6-15(17)19-8-13(10)20)11-9-21-4-3-18-16(21)7-14(11)22-2/h3-9H,1-2H3. The lowest BCUT2D eigenvalue weighted by molar-refractivity contribution is 0.416. The summed E-state index contributed by atoms with van der Waals surface area (Å²) in [6, 6.07) is 5.88. The Kier molecular flexibility index (Phi) is 2.84. The van der Waals surface area contributed by atoms with E-state index < -0.39 is 0 Å². The predicted octanol–water partition coefficient (Wildman–Crippen LogP) is 3.55. The monoisotopic (exact) mass is 312 g/mol. The van der Waals surface area contributed by atoms with Gasteiger partial charge in [-0.1, -0.05) is 11.6 Å². The number of imidazole rings is 1. The number of nitrogens with zero attached hydrogens (tertiary/aromatic N) is 4. The first-order valence-corrected chi connectivity index (χ1v) is 7.17. The van der Waals surface area contributed by atoms with Gasteiger partial charge in [-0.3, -0.25) is 0 Å². The third-order valence-corrected chi connectivity index (χ3v) is 4.09. The number of rotatable bonds is 2. The molecule has 22 heavy (non-hydrogen) atoms. The first kappa shape index (κ1) is 13.2. The molecule has 4 aromatic rings. The third kappa shape index (κ3) is 1.86. The van der Waals surface area contributed by atoms with Gasteiger partial charge in [-0.05, 0) is 12.1 Å². The van der Waals surface area contributed by atoms with E-state index in [4.69, 9.17) is 16.3 Å². The van der Waals surface area contributed by atoms with Gasteiger partial charge in [-0.25, -0.2) is 9.97 Å². The smallest absolute Gasteiger partial charge is 0.140 e. The molecule has 0 N–H and O–H groups in total. The van der Waals surface area contributed by atoms with Gasteiger partial charge in [0.25, 0.3) is 0 Å². The van der Waals surface area contributed by atoms with Crippen LogP contribution >= 0.6 is 11.6 Å². The molecule has 5 nitrogen and oxygen atoms in total. The zero-order chi connectivity index (χ0) is 15.3. The molecule has 0 unspecified atom stereocenters. The largest absolute Gasteiger partial charge is 0.496 e. The molecule has 0 aliphatic heterocycles. The molecular weight excluding hydrogens is 300 g/mol. The van der Waals surface area contributed by atoms with Gasteiger partial charge in [-0.15, -0.1) is 0 Å². The second-order valence-corrected chi connectivity index (χ2v) is 5.49. The van der Waals surface area contributed by atoms with Gasteiger partial charge in [0.15, 0.2) is 0 Å². The van der Waals surface area contributed by atoms with Crippen LogP contribution in [0, 0.1) is 0 Å².